The fourth-order valence-corrected chi connectivity index (χ4v) is 21.3. The van der Waals surface area contributed by atoms with Crippen molar-refractivity contribution in [3.05, 3.63) is 455 Å². The molecule has 0 radical (unpaired) electrons. The monoisotopic (exact) mass is 1730 g/mol. The second-order valence-corrected chi connectivity index (χ2v) is 34.8. The molecule has 0 fully saturated rings. The van der Waals surface area contributed by atoms with E-state index in [-0.39, 0.29) is 0 Å². The summed E-state index contributed by atoms with van der Waals surface area (Å²) in [5, 5.41) is 21.0. The lowest BCUT2D eigenvalue weighted by molar-refractivity contribution is 0.672. The molecule has 0 N–H and O–H groups in total. The van der Waals surface area contributed by atoms with Crippen molar-refractivity contribution in [1.82, 2.24) is 42.4 Å². The van der Waals surface area contributed by atoms with Crippen LogP contribution in [0.2, 0.25) is 0 Å². The second-order valence-electron chi connectivity index (χ2n) is 34.8. The molecule has 30 rings (SSSR count). The molecule has 12 heteroatoms. The molecule has 0 saturated carbocycles. The second kappa shape index (κ2) is 30.1. The largest absolute Gasteiger partial charge is 0.455 e. The zero-order valence-electron chi connectivity index (χ0n) is 72.6. The van der Waals surface area contributed by atoms with E-state index in [1.54, 1.807) is 0 Å². The highest BCUT2D eigenvalue weighted by molar-refractivity contribution is 6.30. The van der Waals surface area contributed by atoms with Gasteiger partial charge < -0.3 is 27.0 Å². The van der Waals surface area contributed by atoms with Gasteiger partial charge in [-0.15, -0.1) is 0 Å². The molecule has 0 bridgehead atoms. The lowest BCUT2D eigenvalue weighted by Gasteiger charge is -2.13. The molecule has 0 unspecified atom stereocenters. The summed E-state index contributed by atoms with van der Waals surface area (Å²) < 4.78 is 33.9. The van der Waals surface area contributed by atoms with Crippen molar-refractivity contribution in [2.24, 2.45) is 0 Å². The maximum Gasteiger partial charge on any atom is 0.145 e. The van der Waals surface area contributed by atoms with Gasteiger partial charge >= 0.3 is 0 Å². The fraction of sp³-hybridized carbons (Fsp3) is 0. The molecule has 0 saturated heterocycles. The van der Waals surface area contributed by atoms with Crippen molar-refractivity contribution in [3.8, 4) is 68.3 Å². The van der Waals surface area contributed by atoms with Crippen LogP contribution in [0.3, 0.4) is 0 Å². The molecule has 630 valence electrons. The van der Waals surface area contributed by atoms with Gasteiger partial charge in [0.05, 0.1) is 82.4 Å². The molecule has 0 aliphatic carbocycles. The third-order valence-electron chi connectivity index (χ3n) is 27.3. The van der Waals surface area contributed by atoms with E-state index in [1.165, 1.54) is 48.6 Å². The summed E-state index contributed by atoms with van der Waals surface area (Å²) in [6.45, 7) is 0. The number of nitrogens with zero attached hydrogens (tertiary/aromatic N) is 9. The molecule has 21 aromatic carbocycles. The van der Waals surface area contributed by atoms with Gasteiger partial charge in [0, 0.05) is 110 Å². The van der Waals surface area contributed by atoms with Gasteiger partial charge in [0.1, 0.15) is 51.0 Å². The minimum absolute atomic E-state index is 0.910. The third kappa shape index (κ3) is 11.8. The number of furan rings is 3. The van der Waals surface area contributed by atoms with E-state index in [1.807, 2.05) is 42.5 Å². The van der Waals surface area contributed by atoms with E-state index in [9.17, 15) is 0 Å². The maximum atomic E-state index is 6.78. The number of aromatic nitrogens is 9. The summed E-state index contributed by atoms with van der Waals surface area (Å²) in [4.78, 5) is 15.1. The van der Waals surface area contributed by atoms with E-state index in [2.05, 4.69) is 440 Å². The Morgan fingerprint density at radius 2 is 0.474 bits per heavy atom. The standard InChI is InChI=1S/3C41H25N3O/c1-2-11-27(12-3-1)41-42-34-15-7-8-16-35(34)44(41)29-21-19-28(20-22-29)43-36-25-24-32-31-14-6-9-17-37(31)45-40(32)38(36)33-23-18-26-10-4-5-13-30(26)39(33)43;1-2-11-27(12-3-1)41-42-34-15-7-9-17-36(34)44(41)29-21-19-28(20-22-29)43-35-16-8-6-14-33(35)38-37(43)25-24-32-31-23-18-26-10-4-5-13-30(26)39(31)45-40(32)38;1-2-10-26(11-3-1)41-42-34-15-7-9-17-36(34)44(41)30-20-18-29(19-21-30)43-35-16-8-6-14-32(35)39-37(43)23-22-31-33-24-27-12-4-5-13-28(27)25-38(33)45-40(31)39/h3*1-25H. The molecule has 30 aromatic rings. The average molecular weight is 1730 g/mol. The number of hydrogen-bond acceptors (Lipinski definition) is 6. The molecule has 0 spiro atoms. The Morgan fingerprint density at radius 1 is 0.163 bits per heavy atom. The predicted octanol–water partition coefficient (Wildman–Crippen LogP) is 32.5. The van der Waals surface area contributed by atoms with Gasteiger partial charge in [-0.1, -0.05) is 273 Å². The van der Waals surface area contributed by atoms with Crippen molar-refractivity contribution in [3.63, 3.8) is 0 Å². The van der Waals surface area contributed by atoms with Crippen LogP contribution in [0.25, 0.3) is 265 Å². The zero-order valence-corrected chi connectivity index (χ0v) is 72.6. The van der Waals surface area contributed by atoms with E-state index >= 15 is 0 Å². The summed E-state index contributed by atoms with van der Waals surface area (Å²) in [5.41, 5.74) is 28.3. The Bertz CT molecular complexity index is 10000. The van der Waals surface area contributed by atoms with Gasteiger partial charge in [0.15, 0.2) is 0 Å². The van der Waals surface area contributed by atoms with Crippen molar-refractivity contribution in [2.75, 3.05) is 0 Å². The lowest BCUT2D eigenvalue weighted by atomic mass is 10.0. The first-order chi connectivity index (χ1) is 67.0. The number of benzene rings is 21. The molecule has 0 aliphatic rings. The van der Waals surface area contributed by atoms with Gasteiger partial charge in [-0.2, -0.15) is 0 Å². The average Bonchev–Trinajstić information content (AvgIpc) is 1.54. The normalized spacial score (nSPS) is 12.0. The zero-order chi connectivity index (χ0) is 88.5. The highest BCUT2D eigenvalue weighted by Crippen LogP contribution is 2.48. The van der Waals surface area contributed by atoms with Gasteiger partial charge in [-0.25, -0.2) is 15.0 Å². The van der Waals surface area contributed by atoms with Crippen LogP contribution in [-0.2, 0) is 0 Å². The van der Waals surface area contributed by atoms with Gasteiger partial charge in [-0.3, -0.25) is 13.7 Å². The Balaban J connectivity index is 0.000000101. The van der Waals surface area contributed by atoms with Crippen LogP contribution >= 0.6 is 0 Å². The fourth-order valence-electron chi connectivity index (χ4n) is 21.3. The minimum Gasteiger partial charge on any atom is -0.455 e. The Kier molecular flexibility index (Phi) is 16.9. The van der Waals surface area contributed by atoms with Gasteiger partial charge in [0.2, 0.25) is 0 Å². The van der Waals surface area contributed by atoms with E-state index in [4.69, 9.17) is 28.2 Å². The highest BCUT2D eigenvalue weighted by Gasteiger charge is 2.27. The molecular weight excluding hydrogens is 1650 g/mol. The summed E-state index contributed by atoms with van der Waals surface area (Å²) >= 11 is 0. The molecule has 9 heterocycles. The molecular formula is C123H75N9O3. The maximum absolute atomic E-state index is 6.78. The molecule has 0 atom stereocenters. The van der Waals surface area contributed by atoms with Crippen LogP contribution < -0.4 is 0 Å². The summed E-state index contributed by atoms with van der Waals surface area (Å²) in [6.07, 6.45) is 0. The number of hydrogen-bond donors (Lipinski definition) is 0. The van der Waals surface area contributed by atoms with Gasteiger partial charge in [0.25, 0.3) is 0 Å². The number of para-hydroxylation sites is 9. The van der Waals surface area contributed by atoms with Gasteiger partial charge in [-0.05, 0) is 204 Å². The summed E-state index contributed by atoms with van der Waals surface area (Å²) in [7, 11) is 0. The Labute approximate surface area is 770 Å². The number of fused-ring (bicyclic) bond motifs is 29. The van der Waals surface area contributed by atoms with Crippen LogP contribution in [0.5, 0.6) is 0 Å². The minimum atomic E-state index is 0.910. The van der Waals surface area contributed by atoms with Crippen LogP contribution in [0.4, 0.5) is 0 Å². The number of rotatable bonds is 9. The van der Waals surface area contributed by atoms with Crippen LogP contribution in [0.15, 0.2) is 468 Å². The first kappa shape index (κ1) is 75.6. The van der Waals surface area contributed by atoms with Crippen LogP contribution in [-0.4, -0.2) is 42.4 Å². The molecule has 135 heavy (non-hydrogen) atoms. The van der Waals surface area contributed by atoms with Crippen LogP contribution in [0, 0.1) is 0 Å². The highest BCUT2D eigenvalue weighted by atomic mass is 16.3. The Hall–Kier alpha value is -18.4. The topological polar surface area (TPSA) is 108 Å². The van der Waals surface area contributed by atoms with Crippen molar-refractivity contribution in [2.45, 2.75) is 0 Å². The Morgan fingerprint density at radius 3 is 0.956 bits per heavy atom. The molecule has 0 aliphatic heterocycles. The van der Waals surface area contributed by atoms with Crippen molar-refractivity contribution < 1.29 is 13.3 Å². The SMILES string of the molecule is c1ccc(-c2nc3ccccc3n2-c2ccc(-n3c4ccc5c6ccccc6oc5c4c4ccc5ccccc5c43)cc2)cc1.c1ccc(-c2nc3ccccc3n2-c2ccc(-n3c4ccccc4c4c5oc6c7ccccc7ccc6c5ccc43)cc2)cc1.c1ccc(-c2nc3ccccc3n2-c2ccc(-n3c4ccccc4c4c5oc6cc7ccccc7cc6c5ccc43)cc2)cc1. The van der Waals surface area contributed by atoms with E-state index < -0.39 is 0 Å². The van der Waals surface area contributed by atoms with Crippen molar-refractivity contribution >= 4 is 197 Å². The van der Waals surface area contributed by atoms with E-state index in [0.717, 1.165) is 216 Å². The van der Waals surface area contributed by atoms with E-state index in [0.29, 0.717) is 0 Å². The first-order valence-electron chi connectivity index (χ1n) is 45.7. The lowest BCUT2D eigenvalue weighted by Crippen LogP contribution is -1.99. The molecule has 12 nitrogen and oxygen atoms in total. The van der Waals surface area contributed by atoms with Crippen LogP contribution in [0.1, 0.15) is 0 Å². The first-order valence-corrected chi connectivity index (χ1v) is 45.7. The predicted molar refractivity (Wildman–Crippen MR) is 557 cm³/mol. The summed E-state index contributed by atoms with van der Waals surface area (Å²) in [6, 6.07) is 160. The van der Waals surface area contributed by atoms with Crippen molar-refractivity contribution in [1.29, 1.82) is 0 Å². The molecule has 9 aromatic heterocycles. The third-order valence-corrected chi connectivity index (χ3v) is 27.3. The smallest absolute Gasteiger partial charge is 0.145 e. The number of imidazole rings is 3. The molecule has 0 amide bonds. The summed E-state index contributed by atoms with van der Waals surface area (Å²) in [5.74, 6) is 2.79. The quantitative estimate of drug-likeness (QED) is 0.142.